The van der Waals surface area contributed by atoms with E-state index in [1.165, 1.54) is 6.07 Å². The maximum absolute atomic E-state index is 13.9. The molecule has 0 spiro atoms. The third-order valence-corrected chi connectivity index (χ3v) is 3.13. The molecule has 0 saturated heterocycles. The summed E-state index contributed by atoms with van der Waals surface area (Å²) in [6.07, 6.45) is 2.04. The average molecular weight is 251 g/mol. The Balaban J connectivity index is 3.16. The summed E-state index contributed by atoms with van der Waals surface area (Å²) in [4.78, 5) is 13.8. The minimum absolute atomic E-state index is 0.00338. The van der Waals surface area contributed by atoms with Crippen molar-refractivity contribution in [2.45, 2.75) is 53.0 Å². The minimum atomic E-state index is -0.328. The molecule has 3 heteroatoms. The Kier molecular flexibility index (Phi) is 5.32. The van der Waals surface area contributed by atoms with Crippen molar-refractivity contribution in [3.63, 3.8) is 0 Å². The molecule has 0 N–H and O–H groups in total. The quantitative estimate of drug-likeness (QED) is 0.772. The molecule has 0 radical (unpaired) electrons. The Morgan fingerprint density at radius 1 is 1.39 bits per heavy atom. The van der Waals surface area contributed by atoms with Gasteiger partial charge < -0.3 is 4.90 Å². The number of hydrogen-bond donors (Lipinski definition) is 0. The van der Waals surface area contributed by atoms with Crippen LogP contribution in [0.15, 0.2) is 18.2 Å². The maximum atomic E-state index is 13.9. The van der Waals surface area contributed by atoms with Gasteiger partial charge in [-0.15, -0.1) is 0 Å². The predicted octanol–water partition coefficient (Wildman–Crippen LogP) is 4.07. The first-order valence-electron chi connectivity index (χ1n) is 6.59. The number of amides is 1. The van der Waals surface area contributed by atoms with E-state index < -0.39 is 0 Å². The van der Waals surface area contributed by atoms with Crippen LogP contribution in [-0.4, -0.2) is 11.9 Å². The van der Waals surface area contributed by atoms with E-state index in [-0.39, 0.29) is 17.8 Å². The summed E-state index contributed by atoms with van der Waals surface area (Å²) in [6, 6.07) is 4.91. The lowest BCUT2D eigenvalue weighted by molar-refractivity contribution is -0.119. The fraction of sp³-hybridized carbons (Fsp3) is 0.533. The highest BCUT2D eigenvalue weighted by atomic mass is 19.1. The number of nitrogens with zero attached hydrogens (tertiary/aromatic N) is 1. The Morgan fingerprint density at radius 3 is 2.61 bits per heavy atom. The molecular formula is C15H22FNO. The van der Waals surface area contributed by atoms with E-state index in [0.717, 1.165) is 18.4 Å². The van der Waals surface area contributed by atoms with Gasteiger partial charge in [0.1, 0.15) is 5.82 Å². The largest absolute Gasteiger partial charge is 0.307 e. The topological polar surface area (TPSA) is 20.3 Å². The molecule has 1 unspecified atom stereocenters. The number of anilines is 1. The number of carbonyl (C=O) groups excluding carboxylic acids is 1. The van der Waals surface area contributed by atoms with E-state index in [0.29, 0.717) is 12.1 Å². The highest BCUT2D eigenvalue weighted by Crippen LogP contribution is 2.25. The number of halogens is 1. The summed E-state index contributed by atoms with van der Waals surface area (Å²) in [6.45, 7) is 7.82. The Hall–Kier alpha value is -1.38. The monoisotopic (exact) mass is 251 g/mol. The third-order valence-electron chi connectivity index (χ3n) is 3.13. The zero-order valence-electron chi connectivity index (χ0n) is 11.7. The van der Waals surface area contributed by atoms with Gasteiger partial charge in [0.25, 0.3) is 0 Å². The first-order valence-corrected chi connectivity index (χ1v) is 6.59. The third kappa shape index (κ3) is 3.31. The predicted molar refractivity (Wildman–Crippen MR) is 73.3 cm³/mol. The lowest BCUT2D eigenvalue weighted by atomic mass is 10.1. The van der Waals surface area contributed by atoms with Gasteiger partial charge in [0.2, 0.25) is 5.91 Å². The van der Waals surface area contributed by atoms with Gasteiger partial charge in [-0.25, -0.2) is 4.39 Å². The highest BCUT2D eigenvalue weighted by molar-refractivity contribution is 5.94. The van der Waals surface area contributed by atoms with E-state index in [2.05, 4.69) is 0 Å². The zero-order chi connectivity index (χ0) is 13.7. The number of aryl methyl sites for hydroxylation is 1. The second kappa shape index (κ2) is 6.53. The van der Waals surface area contributed by atoms with Crippen molar-refractivity contribution in [1.29, 1.82) is 0 Å². The average Bonchev–Trinajstić information content (AvgIpc) is 2.34. The molecule has 0 heterocycles. The second-order valence-electron chi connectivity index (χ2n) is 4.73. The molecule has 1 aromatic carbocycles. The van der Waals surface area contributed by atoms with Gasteiger partial charge in [0.15, 0.2) is 0 Å². The fourth-order valence-corrected chi connectivity index (χ4v) is 1.94. The maximum Gasteiger partial charge on any atom is 0.227 e. The molecular weight excluding hydrogens is 229 g/mol. The first-order chi connectivity index (χ1) is 8.51. The van der Waals surface area contributed by atoms with E-state index in [9.17, 15) is 9.18 Å². The standard InChI is InChI=1S/C15H22FNO/c1-5-7-15(18)17(12(4)6-2)14-10-11(3)8-9-13(14)16/h8-10,12H,5-7H2,1-4H3. The molecule has 1 rings (SSSR count). The zero-order valence-corrected chi connectivity index (χ0v) is 11.7. The van der Waals surface area contributed by atoms with E-state index in [1.54, 1.807) is 17.0 Å². The molecule has 1 amide bonds. The Bertz CT molecular complexity index is 417. The molecule has 0 saturated carbocycles. The number of hydrogen-bond acceptors (Lipinski definition) is 1. The van der Waals surface area contributed by atoms with Crippen LogP contribution in [-0.2, 0) is 4.79 Å². The van der Waals surface area contributed by atoms with Crippen molar-refractivity contribution < 1.29 is 9.18 Å². The van der Waals surface area contributed by atoms with Gasteiger partial charge in [-0.2, -0.15) is 0 Å². The Morgan fingerprint density at radius 2 is 2.06 bits per heavy atom. The highest BCUT2D eigenvalue weighted by Gasteiger charge is 2.22. The van der Waals surface area contributed by atoms with Crippen LogP contribution in [0.25, 0.3) is 0 Å². The summed E-state index contributed by atoms with van der Waals surface area (Å²) in [5, 5.41) is 0. The van der Waals surface area contributed by atoms with Crippen LogP contribution in [0.4, 0.5) is 10.1 Å². The summed E-state index contributed by atoms with van der Waals surface area (Å²) >= 11 is 0. The van der Waals surface area contributed by atoms with Crippen molar-refractivity contribution in [2.24, 2.45) is 0 Å². The Labute approximate surface area is 109 Å². The molecule has 0 fully saturated rings. The van der Waals surface area contributed by atoms with E-state index >= 15 is 0 Å². The van der Waals surface area contributed by atoms with Gasteiger partial charge in [-0.05, 0) is 44.4 Å². The van der Waals surface area contributed by atoms with Crippen LogP contribution in [0, 0.1) is 12.7 Å². The van der Waals surface area contributed by atoms with Crippen molar-refractivity contribution in [3.05, 3.63) is 29.6 Å². The summed E-state index contributed by atoms with van der Waals surface area (Å²) in [7, 11) is 0. The fourth-order valence-electron chi connectivity index (χ4n) is 1.94. The molecule has 0 bridgehead atoms. The van der Waals surface area contributed by atoms with Gasteiger partial charge >= 0.3 is 0 Å². The van der Waals surface area contributed by atoms with Crippen molar-refractivity contribution >= 4 is 11.6 Å². The van der Waals surface area contributed by atoms with Crippen molar-refractivity contribution in [1.82, 2.24) is 0 Å². The molecule has 0 aliphatic heterocycles. The molecule has 1 atom stereocenters. The van der Waals surface area contributed by atoms with Crippen LogP contribution in [0.5, 0.6) is 0 Å². The van der Waals surface area contributed by atoms with Gasteiger partial charge in [-0.1, -0.05) is 19.9 Å². The van der Waals surface area contributed by atoms with Crippen molar-refractivity contribution in [2.75, 3.05) is 4.90 Å². The number of rotatable bonds is 5. The normalized spacial score (nSPS) is 12.3. The first kappa shape index (κ1) is 14.7. The lowest BCUT2D eigenvalue weighted by Gasteiger charge is -2.29. The summed E-state index contributed by atoms with van der Waals surface area (Å²) in [5.41, 5.74) is 1.37. The SMILES string of the molecule is CCCC(=O)N(c1cc(C)ccc1F)C(C)CC. The smallest absolute Gasteiger partial charge is 0.227 e. The summed E-state index contributed by atoms with van der Waals surface area (Å²) < 4.78 is 13.9. The van der Waals surface area contributed by atoms with E-state index in [4.69, 9.17) is 0 Å². The van der Waals surface area contributed by atoms with Crippen LogP contribution in [0.1, 0.15) is 45.6 Å². The van der Waals surface area contributed by atoms with Gasteiger partial charge in [-0.3, -0.25) is 4.79 Å². The minimum Gasteiger partial charge on any atom is -0.307 e. The molecule has 1 aromatic rings. The molecule has 18 heavy (non-hydrogen) atoms. The molecule has 100 valence electrons. The second-order valence-corrected chi connectivity index (χ2v) is 4.73. The molecule has 0 aliphatic carbocycles. The lowest BCUT2D eigenvalue weighted by Crippen LogP contribution is -2.38. The number of carbonyl (C=O) groups is 1. The van der Waals surface area contributed by atoms with Crippen LogP contribution >= 0.6 is 0 Å². The van der Waals surface area contributed by atoms with Crippen LogP contribution in [0.2, 0.25) is 0 Å². The van der Waals surface area contributed by atoms with Crippen molar-refractivity contribution in [3.8, 4) is 0 Å². The van der Waals surface area contributed by atoms with Gasteiger partial charge in [0, 0.05) is 12.5 Å². The van der Waals surface area contributed by atoms with Crippen LogP contribution in [0.3, 0.4) is 0 Å². The molecule has 2 nitrogen and oxygen atoms in total. The van der Waals surface area contributed by atoms with Gasteiger partial charge in [0.05, 0.1) is 5.69 Å². The molecule has 0 aliphatic rings. The van der Waals surface area contributed by atoms with E-state index in [1.807, 2.05) is 27.7 Å². The number of benzene rings is 1. The summed E-state index contributed by atoms with van der Waals surface area (Å²) in [5.74, 6) is -0.332. The molecule has 0 aromatic heterocycles. The van der Waals surface area contributed by atoms with Crippen LogP contribution < -0.4 is 4.90 Å².